The lowest BCUT2D eigenvalue weighted by atomic mass is 9.94. The maximum atomic E-state index is 12.0. The molecule has 1 aromatic rings. The molecule has 11 nitrogen and oxygen atoms in total. The summed E-state index contributed by atoms with van der Waals surface area (Å²) in [6, 6.07) is 6.40. The van der Waals surface area contributed by atoms with E-state index in [0.29, 0.717) is 31.2 Å². The van der Waals surface area contributed by atoms with Crippen molar-refractivity contribution in [1.29, 1.82) is 0 Å². The zero-order valence-corrected chi connectivity index (χ0v) is 27.3. The fraction of sp³-hybridized carbons (Fsp3) is 0.765. The Morgan fingerprint density at radius 2 is 1.51 bits per heavy atom. The van der Waals surface area contributed by atoms with E-state index in [-0.39, 0.29) is 61.2 Å². The molecule has 0 saturated carbocycles. The van der Waals surface area contributed by atoms with Crippen LogP contribution in [-0.2, 0) is 38.0 Å². The van der Waals surface area contributed by atoms with Crippen molar-refractivity contribution in [2.45, 2.75) is 167 Å². The second-order valence-corrected chi connectivity index (χ2v) is 12.7. The van der Waals surface area contributed by atoms with E-state index in [1.165, 1.54) is 19.1 Å². The lowest BCUT2D eigenvalue weighted by Gasteiger charge is -2.40. The Morgan fingerprint density at radius 1 is 0.867 bits per heavy atom. The standard InChI is InChI=1S/C34H52O11/c1-6-8-32-43-29(18-31(44-32)19-30-16-26(7-2)41-22(5)42-30)15-25(36)14-28(40-21(4)35)17-27-13-20(3)39-34(45-27)24-11-9-23(10-12-24)33(37)38/h9-12,20,22,25-32,34,36H,6-8,13-19H2,1-5H3,(H,37,38). The smallest absolute Gasteiger partial charge is 0.335 e. The number of rotatable bonds is 14. The Labute approximate surface area is 266 Å². The summed E-state index contributed by atoms with van der Waals surface area (Å²) in [6.45, 7) is 9.46. The average Bonchev–Trinajstić information content (AvgIpc) is 2.96. The van der Waals surface area contributed by atoms with E-state index >= 15 is 0 Å². The van der Waals surface area contributed by atoms with Gasteiger partial charge in [-0.15, -0.1) is 0 Å². The van der Waals surface area contributed by atoms with Crippen molar-refractivity contribution in [1.82, 2.24) is 0 Å². The summed E-state index contributed by atoms with van der Waals surface area (Å²) in [5, 5.41) is 20.4. The van der Waals surface area contributed by atoms with Crippen molar-refractivity contribution in [3.63, 3.8) is 0 Å². The van der Waals surface area contributed by atoms with E-state index in [1.54, 1.807) is 12.1 Å². The molecular formula is C34H52O11. The van der Waals surface area contributed by atoms with Crippen LogP contribution in [0.5, 0.6) is 0 Å². The van der Waals surface area contributed by atoms with Crippen molar-refractivity contribution in [3.8, 4) is 0 Å². The lowest BCUT2D eigenvalue weighted by molar-refractivity contribution is -0.271. The molecule has 0 aromatic heterocycles. The number of carboxylic acids is 1. The Bertz CT molecular complexity index is 1060. The van der Waals surface area contributed by atoms with Gasteiger partial charge in [-0.3, -0.25) is 4.79 Å². The SMILES string of the molecule is CCCC1OC(CC(O)CC(CC2CC(C)OC(c3ccc(C(=O)O)cc3)O2)OC(C)=O)CC(CC2CC(CC)OC(C)O2)O1. The minimum Gasteiger partial charge on any atom is -0.478 e. The molecule has 3 saturated heterocycles. The molecule has 3 aliphatic heterocycles. The number of aliphatic hydroxyl groups is 1. The molecule has 0 aliphatic carbocycles. The van der Waals surface area contributed by atoms with Gasteiger partial charge in [0.05, 0.1) is 48.3 Å². The van der Waals surface area contributed by atoms with Gasteiger partial charge in [-0.25, -0.2) is 4.79 Å². The van der Waals surface area contributed by atoms with Crippen LogP contribution in [0.2, 0.25) is 0 Å². The largest absolute Gasteiger partial charge is 0.478 e. The first-order chi connectivity index (χ1) is 21.5. The molecule has 2 N–H and O–H groups in total. The second-order valence-electron chi connectivity index (χ2n) is 12.7. The van der Waals surface area contributed by atoms with Gasteiger partial charge < -0.3 is 43.4 Å². The van der Waals surface area contributed by atoms with Crippen LogP contribution in [0.3, 0.4) is 0 Å². The van der Waals surface area contributed by atoms with Gasteiger partial charge in [-0.05, 0) is 51.7 Å². The first-order valence-electron chi connectivity index (χ1n) is 16.6. The summed E-state index contributed by atoms with van der Waals surface area (Å²) >= 11 is 0. The summed E-state index contributed by atoms with van der Waals surface area (Å²) in [7, 11) is 0. The highest BCUT2D eigenvalue weighted by Gasteiger charge is 2.37. The summed E-state index contributed by atoms with van der Waals surface area (Å²) in [5.41, 5.74) is 0.889. The van der Waals surface area contributed by atoms with Gasteiger partial charge >= 0.3 is 11.9 Å². The first kappa shape index (κ1) is 35.7. The molecule has 0 bridgehead atoms. The minimum atomic E-state index is -1.00. The van der Waals surface area contributed by atoms with Crippen LogP contribution in [0.25, 0.3) is 0 Å². The van der Waals surface area contributed by atoms with Crippen LogP contribution in [-0.4, -0.2) is 83.6 Å². The van der Waals surface area contributed by atoms with E-state index in [4.69, 9.17) is 33.2 Å². The summed E-state index contributed by atoms with van der Waals surface area (Å²) in [4.78, 5) is 23.3. The molecule has 11 unspecified atom stereocenters. The van der Waals surface area contributed by atoms with Gasteiger partial charge in [0.2, 0.25) is 0 Å². The number of hydrogen-bond acceptors (Lipinski definition) is 10. The molecule has 1 aromatic carbocycles. The number of hydrogen-bond donors (Lipinski definition) is 2. The average molecular weight is 637 g/mol. The van der Waals surface area contributed by atoms with Crippen molar-refractivity contribution >= 4 is 11.9 Å². The number of aliphatic hydroxyl groups excluding tert-OH is 1. The van der Waals surface area contributed by atoms with Gasteiger partial charge in [-0.1, -0.05) is 32.4 Å². The molecule has 3 aliphatic rings. The monoisotopic (exact) mass is 636 g/mol. The highest BCUT2D eigenvalue weighted by Crippen LogP contribution is 2.34. The predicted molar refractivity (Wildman–Crippen MR) is 163 cm³/mol. The first-order valence-corrected chi connectivity index (χ1v) is 16.6. The summed E-state index contributed by atoms with van der Waals surface area (Å²) in [6.07, 6.45) is 3.42. The Hall–Kier alpha value is -2.12. The molecular weight excluding hydrogens is 584 g/mol. The molecule has 0 radical (unpaired) electrons. The van der Waals surface area contributed by atoms with Gasteiger partial charge in [0.15, 0.2) is 18.9 Å². The molecule has 0 amide bonds. The third kappa shape index (κ3) is 11.3. The van der Waals surface area contributed by atoms with Crippen molar-refractivity contribution in [3.05, 3.63) is 35.4 Å². The van der Waals surface area contributed by atoms with Crippen LogP contribution in [0.15, 0.2) is 24.3 Å². The number of esters is 1. The maximum Gasteiger partial charge on any atom is 0.335 e. The highest BCUT2D eigenvalue weighted by molar-refractivity contribution is 5.87. The summed E-state index contributed by atoms with van der Waals surface area (Å²) < 4.78 is 42.4. The normalized spacial score (nSPS) is 33.7. The second kappa shape index (κ2) is 17.2. The third-order valence-electron chi connectivity index (χ3n) is 8.64. The van der Waals surface area contributed by atoms with Gasteiger partial charge in [0.25, 0.3) is 0 Å². The van der Waals surface area contributed by atoms with Crippen LogP contribution >= 0.6 is 0 Å². The van der Waals surface area contributed by atoms with E-state index < -0.39 is 30.4 Å². The number of carboxylic acid groups (broad SMARTS) is 1. The number of carbonyl (C=O) groups is 2. The molecule has 3 heterocycles. The molecule has 0 spiro atoms. The third-order valence-corrected chi connectivity index (χ3v) is 8.64. The molecule has 4 rings (SSSR count). The number of aromatic carboxylic acids is 1. The fourth-order valence-electron chi connectivity index (χ4n) is 6.64. The molecule has 11 heteroatoms. The maximum absolute atomic E-state index is 12.0. The fourth-order valence-corrected chi connectivity index (χ4v) is 6.64. The zero-order chi connectivity index (χ0) is 32.5. The van der Waals surface area contributed by atoms with Crippen molar-refractivity contribution < 1.29 is 53.0 Å². The Morgan fingerprint density at radius 3 is 2.18 bits per heavy atom. The van der Waals surface area contributed by atoms with E-state index in [1.807, 2.05) is 13.8 Å². The lowest BCUT2D eigenvalue weighted by Crippen LogP contribution is -2.44. The molecule has 254 valence electrons. The van der Waals surface area contributed by atoms with Gasteiger partial charge in [-0.2, -0.15) is 0 Å². The van der Waals surface area contributed by atoms with Crippen LogP contribution in [0, 0.1) is 0 Å². The summed E-state index contributed by atoms with van der Waals surface area (Å²) in [5.74, 6) is -1.42. The van der Waals surface area contributed by atoms with Crippen molar-refractivity contribution in [2.75, 3.05) is 0 Å². The predicted octanol–water partition coefficient (Wildman–Crippen LogP) is 5.66. The Balaban J connectivity index is 1.34. The van der Waals surface area contributed by atoms with E-state index in [9.17, 15) is 19.8 Å². The van der Waals surface area contributed by atoms with Crippen LogP contribution in [0.1, 0.15) is 121 Å². The molecule has 45 heavy (non-hydrogen) atoms. The Kier molecular flexibility index (Phi) is 13.6. The number of carbonyl (C=O) groups excluding carboxylic acids is 1. The van der Waals surface area contributed by atoms with Gasteiger partial charge in [0, 0.05) is 44.6 Å². The van der Waals surface area contributed by atoms with E-state index in [2.05, 4.69) is 13.8 Å². The van der Waals surface area contributed by atoms with Crippen molar-refractivity contribution in [2.24, 2.45) is 0 Å². The quantitative estimate of drug-likeness (QED) is 0.245. The number of ether oxygens (including phenoxy) is 7. The topological polar surface area (TPSA) is 139 Å². The van der Waals surface area contributed by atoms with E-state index in [0.717, 1.165) is 32.1 Å². The zero-order valence-electron chi connectivity index (χ0n) is 27.3. The van der Waals surface area contributed by atoms with Crippen LogP contribution in [0.4, 0.5) is 0 Å². The molecule has 11 atom stereocenters. The van der Waals surface area contributed by atoms with Gasteiger partial charge in [0.1, 0.15) is 6.10 Å². The molecule has 3 fully saturated rings. The van der Waals surface area contributed by atoms with Crippen LogP contribution < -0.4 is 0 Å². The number of benzene rings is 1. The highest BCUT2D eigenvalue weighted by atomic mass is 16.7. The minimum absolute atomic E-state index is 0.0452.